The second-order valence-corrected chi connectivity index (χ2v) is 2.16. The highest BCUT2D eigenvalue weighted by Gasteiger charge is 1.92. The number of Topliss-reactive ketones (excluding diaryl/α,β-unsaturated/α-hetero) is 1. The Hall–Kier alpha value is -1.18. The second-order valence-electron chi connectivity index (χ2n) is 2.16. The van der Waals surface area contributed by atoms with Crippen LogP contribution in [0.1, 0.15) is 13.8 Å². The van der Waals surface area contributed by atoms with Crippen molar-refractivity contribution >= 4 is 5.78 Å². The van der Waals surface area contributed by atoms with E-state index in [4.69, 9.17) is 0 Å². The maximum atomic E-state index is 12.3. The van der Waals surface area contributed by atoms with Gasteiger partial charge in [-0.15, -0.1) is 0 Å². The molecule has 0 amide bonds. The van der Waals surface area contributed by atoms with E-state index in [2.05, 4.69) is 6.58 Å². The number of hydrogen-bond acceptors (Lipinski definition) is 1. The van der Waals surface area contributed by atoms with E-state index in [1.807, 2.05) is 0 Å². The fraction of sp³-hybridized carbons (Fsp3) is 0.222. The van der Waals surface area contributed by atoms with E-state index in [-0.39, 0.29) is 5.78 Å². The summed E-state index contributed by atoms with van der Waals surface area (Å²) in [5.41, 5.74) is 0.530. The number of allylic oxidation sites excluding steroid dienone is 5. The highest BCUT2D eigenvalue weighted by atomic mass is 19.1. The number of hydrogen-bond donors (Lipinski definition) is 0. The smallest absolute Gasteiger partial charge is 0.155 e. The van der Waals surface area contributed by atoms with Crippen LogP contribution in [0.5, 0.6) is 0 Å². The molecular formula is C9H11FO. The van der Waals surface area contributed by atoms with Crippen molar-refractivity contribution in [3.05, 3.63) is 36.2 Å². The first-order valence-electron chi connectivity index (χ1n) is 3.25. The van der Waals surface area contributed by atoms with Gasteiger partial charge in [0.25, 0.3) is 0 Å². The molecule has 0 aromatic heterocycles. The summed E-state index contributed by atoms with van der Waals surface area (Å²) < 4.78 is 12.3. The van der Waals surface area contributed by atoms with Gasteiger partial charge < -0.3 is 0 Å². The van der Waals surface area contributed by atoms with Gasteiger partial charge in [0, 0.05) is 0 Å². The van der Waals surface area contributed by atoms with E-state index < -0.39 is 5.83 Å². The van der Waals surface area contributed by atoms with Crippen LogP contribution in [-0.2, 0) is 4.79 Å². The van der Waals surface area contributed by atoms with Crippen LogP contribution in [0.4, 0.5) is 4.39 Å². The monoisotopic (exact) mass is 154 g/mol. The number of carbonyl (C=O) groups is 1. The number of rotatable bonds is 3. The van der Waals surface area contributed by atoms with Crippen molar-refractivity contribution in [3.8, 4) is 0 Å². The molecule has 0 saturated carbocycles. The zero-order valence-electron chi connectivity index (χ0n) is 6.73. The van der Waals surface area contributed by atoms with Crippen LogP contribution in [0.15, 0.2) is 36.2 Å². The number of carbonyl (C=O) groups excluding carboxylic acids is 1. The Balaban J connectivity index is 4.34. The van der Waals surface area contributed by atoms with Gasteiger partial charge in [-0.3, -0.25) is 4.79 Å². The normalized spacial score (nSPS) is 13.0. The minimum Gasteiger partial charge on any atom is -0.295 e. The molecule has 1 nitrogen and oxygen atoms in total. The van der Waals surface area contributed by atoms with Gasteiger partial charge in [0.05, 0.1) is 0 Å². The highest BCUT2D eigenvalue weighted by molar-refractivity contribution is 5.92. The molecule has 2 heteroatoms. The lowest BCUT2D eigenvalue weighted by atomic mass is 10.2. The Morgan fingerprint density at radius 3 is 2.27 bits per heavy atom. The minimum absolute atomic E-state index is 0.0573. The molecule has 11 heavy (non-hydrogen) atoms. The molecule has 0 radical (unpaired) electrons. The summed E-state index contributed by atoms with van der Waals surface area (Å²) in [4.78, 5) is 10.6. The van der Waals surface area contributed by atoms with E-state index in [0.29, 0.717) is 5.57 Å². The fourth-order valence-corrected chi connectivity index (χ4v) is 0.390. The van der Waals surface area contributed by atoms with Gasteiger partial charge in [-0.05, 0) is 31.6 Å². The zero-order chi connectivity index (χ0) is 8.85. The predicted octanol–water partition coefficient (Wildman–Crippen LogP) is 2.56. The molecule has 0 atom stereocenters. The Bertz CT molecular complexity index is 224. The highest BCUT2D eigenvalue weighted by Crippen LogP contribution is 2.00. The summed E-state index contributed by atoms with van der Waals surface area (Å²) in [6, 6.07) is 0. The lowest BCUT2D eigenvalue weighted by Crippen LogP contribution is -1.89. The summed E-state index contributed by atoms with van der Waals surface area (Å²) in [6.07, 6.45) is 3.73. The van der Waals surface area contributed by atoms with Crippen LogP contribution in [0.3, 0.4) is 0 Å². The van der Waals surface area contributed by atoms with Crippen LogP contribution < -0.4 is 0 Å². The van der Waals surface area contributed by atoms with Gasteiger partial charge in [0.1, 0.15) is 5.83 Å². The van der Waals surface area contributed by atoms with Crippen molar-refractivity contribution in [2.24, 2.45) is 0 Å². The van der Waals surface area contributed by atoms with E-state index in [1.165, 1.54) is 19.1 Å². The topological polar surface area (TPSA) is 17.1 Å². The third-order valence-corrected chi connectivity index (χ3v) is 1.24. The summed E-state index contributed by atoms with van der Waals surface area (Å²) in [5.74, 6) is -0.497. The Morgan fingerprint density at radius 1 is 1.36 bits per heavy atom. The van der Waals surface area contributed by atoms with Gasteiger partial charge in [0.2, 0.25) is 0 Å². The molecule has 0 spiro atoms. The molecule has 0 bridgehead atoms. The lowest BCUT2D eigenvalue weighted by molar-refractivity contribution is -0.113. The molecule has 0 saturated heterocycles. The maximum Gasteiger partial charge on any atom is 0.155 e. The molecular weight excluding hydrogens is 143 g/mol. The number of ketones is 1. The maximum absolute atomic E-state index is 12.3. The standard InChI is InChI=1S/C9H11FO/c1-4-9(10)6-5-7(2)8(3)11/h4-6H,1H2,2-3H3/b7-5+,9-6+. The summed E-state index contributed by atoms with van der Waals surface area (Å²) >= 11 is 0. The third-order valence-electron chi connectivity index (χ3n) is 1.24. The van der Waals surface area contributed by atoms with Gasteiger partial charge in [0.15, 0.2) is 5.78 Å². The van der Waals surface area contributed by atoms with Gasteiger partial charge in [-0.2, -0.15) is 0 Å². The average Bonchev–Trinajstić information content (AvgIpc) is 1.99. The molecule has 0 aliphatic heterocycles. The Morgan fingerprint density at radius 2 is 1.91 bits per heavy atom. The van der Waals surface area contributed by atoms with Crippen LogP contribution in [0.25, 0.3) is 0 Å². The largest absolute Gasteiger partial charge is 0.295 e. The summed E-state index contributed by atoms with van der Waals surface area (Å²) in [6.45, 7) is 6.30. The first-order valence-corrected chi connectivity index (χ1v) is 3.25. The van der Waals surface area contributed by atoms with Crippen molar-refractivity contribution < 1.29 is 9.18 Å². The first-order chi connectivity index (χ1) is 5.07. The molecule has 0 aliphatic carbocycles. The van der Waals surface area contributed by atoms with E-state index in [1.54, 1.807) is 6.92 Å². The van der Waals surface area contributed by atoms with Crippen LogP contribution in [-0.4, -0.2) is 5.78 Å². The van der Waals surface area contributed by atoms with Crippen molar-refractivity contribution in [1.29, 1.82) is 0 Å². The van der Waals surface area contributed by atoms with Crippen molar-refractivity contribution in [2.45, 2.75) is 13.8 Å². The van der Waals surface area contributed by atoms with Gasteiger partial charge >= 0.3 is 0 Å². The van der Waals surface area contributed by atoms with Gasteiger partial charge in [-0.25, -0.2) is 4.39 Å². The Labute approximate surface area is 65.9 Å². The molecule has 0 unspecified atom stereocenters. The predicted molar refractivity (Wildman–Crippen MR) is 43.8 cm³/mol. The third kappa shape index (κ3) is 4.25. The zero-order valence-corrected chi connectivity index (χ0v) is 6.73. The van der Waals surface area contributed by atoms with E-state index in [9.17, 15) is 9.18 Å². The fourth-order valence-electron chi connectivity index (χ4n) is 0.390. The van der Waals surface area contributed by atoms with Crippen molar-refractivity contribution in [1.82, 2.24) is 0 Å². The van der Waals surface area contributed by atoms with Crippen molar-refractivity contribution in [3.63, 3.8) is 0 Å². The molecule has 0 rings (SSSR count). The minimum atomic E-state index is -0.439. The molecule has 0 aliphatic rings. The quantitative estimate of drug-likeness (QED) is 0.451. The van der Waals surface area contributed by atoms with Crippen molar-refractivity contribution in [2.75, 3.05) is 0 Å². The van der Waals surface area contributed by atoms with Crippen LogP contribution in [0, 0.1) is 0 Å². The molecule has 0 aromatic carbocycles. The first kappa shape index (κ1) is 9.82. The Kier molecular flexibility index (Phi) is 4.11. The summed E-state index contributed by atoms with van der Waals surface area (Å²) in [7, 11) is 0. The number of halogens is 1. The SMILES string of the molecule is C=C/C(F)=C\C=C(/C)C(C)=O. The van der Waals surface area contributed by atoms with Crippen LogP contribution in [0.2, 0.25) is 0 Å². The molecule has 0 heterocycles. The summed E-state index contributed by atoms with van der Waals surface area (Å²) in [5, 5.41) is 0. The molecule has 0 N–H and O–H groups in total. The van der Waals surface area contributed by atoms with E-state index >= 15 is 0 Å². The second kappa shape index (κ2) is 4.61. The molecule has 0 fully saturated rings. The van der Waals surface area contributed by atoms with Crippen LogP contribution >= 0.6 is 0 Å². The molecule has 60 valence electrons. The van der Waals surface area contributed by atoms with Gasteiger partial charge in [-0.1, -0.05) is 12.7 Å². The molecule has 0 aromatic rings. The van der Waals surface area contributed by atoms with E-state index in [0.717, 1.165) is 6.08 Å². The lowest BCUT2D eigenvalue weighted by Gasteiger charge is -1.88. The average molecular weight is 154 g/mol.